The van der Waals surface area contributed by atoms with E-state index >= 15 is 0 Å². The number of ketones is 1. The van der Waals surface area contributed by atoms with Crippen molar-refractivity contribution in [2.24, 2.45) is 0 Å². The summed E-state index contributed by atoms with van der Waals surface area (Å²) in [6.45, 7) is 6.34. The molecule has 1 aliphatic heterocycles. The van der Waals surface area contributed by atoms with Crippen LogP contribution in [0.2, 0.25) is 0 Å². The van der Waals surface area contributed by atoms with Crippen LogP contribution in [0.3, 0.4) is 0 Å². The molecule has 1 N–H and O–H groups in total. The summed E-state index contributed by atoms with van der Waals surface area (Å²) in [6.07, 6.45) is 0. The zero-order valence-corrected chi connectivity index (χ0v) is 24.9. The predicted octanol–water partition coefficient (Wildman–Crippen LogP) is 6.15. The number of aromatic nitrogens is 1. The third-order valence-electron chi connectivity index (χ3n) is 6.93. The van der Waals surface area contributed by atoms with Gasteiger partial charge in [-0.3, -0.25) is 14.5 Å². The number of benzene rings is 3. The Morgan fingerprint density at radius 3 is 2.30 bits per heavy atom. The minimum absolute atomic E-state index is 0.102. The number of methoxy groups -OCH3 is 1. The van der Waals surface area contributed by atoms with Gasteiger partial charge in [0.1, 0.15) is 28.7 Å². The maximum absolute atomic E-state index is 13.5. The zero-order valence-electron chi connectivity index (χ0n) is 24.1. The maximum Gasteiger partial charge on any atom is 0.350 e. The van der Waals surface area contributed by atoms with Crippen LogP contribution < -0.4 is 14.4 Å². The lowest BCUT2D eigenvalue weighted by atomic mass is 9.95. The molecule has 1 amide bonds. The van der Waals surface area contributed by atoms with E-state index in [1.165, 1.54) is 12.0 Å². The predicted molar refractivity (Wildman–Crippen MR) is 163 cm³/mol. The molecule has 5 rings (SSSR count). The molecule has 1 saturated heterocycles. The van der Waals surface area contributed by atoms with Gasteiger partial charge in [-0.25, -0.2) is 9.78 Å². The molecular weight excluding hydrogens is 568 g/mol. The molecule has 9 nitrogen and oxygen atoms in total. The molecule has 1 aromatic heterocycles. The van der Waals surface area contributed by atoms with Crippen molar-refractivity contribution >= 4 is 39.9 Å². The number of nitrogens with zero attached hydrogens (tertiary/aromatic N) is 2. The van der Waals surface area contributed by atoms with Gasteiger partial charge < -0.3 is 19.3 Å². The first-order valence-electron chi connectivity index (χ1n) is 13.6. The lowest BCUT2D eigenvalue weighted by Crippen LogP contribution is -2.29. The van der Waals surface area contributed by atoms with Gasteiger partial charge in [-0.2, -0.15) is 0 Å². The molecule has 0 saturated carbocycles. The van der Waals surface area contributed by atoms with E-state index in [0.717, 1.165) is 22.5 Å². The van der Waals surface area contributed by atoms with E-state index in [1.807, 2.05) is 38.1 Å². The van der Waals surface area contributed by atoms with Crippen molar-refractivity contribution in [3.05, 3.63) is 111 Å². The molecule has 0 radical (unpaired) electrons. The number of ether oxygens (including phenoxy) is 3. The number of hydrogen-bond acceptors (Lipinski definition) is 9. The SMILES string of the molecule is CCOc1ccc(C2C(=C(O)c3ccc(OCc4cccc(C)c4)cc3)C(=O)C(=O)N2c2nc(C)c(C(=O)OC)s2)cc1. The summed E-state index contributed by atoms with van der Waals surface area (Å²) in [4.78, 5) is 45.2. The molecule has 1 aliphatic rings. The van der Waals surface area contributed by atoms with Crippen molar-refractivity contribution in [2.45, 2.75) is 33.4 Å². The van der Waals surface area contributed by atoms with Crippen LogP contribution in [0, 0.1) is 13.8 Å². The molecule has 220 valence electrons. The van der Waals surface area contributed by atoms with Crippen LogP contribution in [0.4, 0.5) is 5.13 Å². The first-order valence-corrected chi connectivity index (χ1v) is 14.4. The van der Waals surface area contributed by atoms with E-state index in [-0.39, 0.29) is 21.3 Å². The summed E-state index contributed by atoms with van der Waals surface area (Å²) in [5.41, 5.74) is 3.30. The Kier molecular flexibility index (Phi) is 8.58. The number of Topliss-reactive ketones (excluding diaryl/α,β-unsaturated/α-hetero) is 1. The molecule has 4 aromatic rings. The normalized spacial score (nSPS) is 15.9. The highest BCUT2D eigenvalue weighted by molar-refractivity contribution is 7.17. The van der Waals surface area contributed by atoms with Gasteiger partial charge >= 0.3 is 11.9 Å². The van der Waals surface area contributed by atoms with Gasteiger partial charge in [0.2, 0.25) is 0 Å². The van der Waals surface area contributed by atoms with E-state index in [9.17, 15) is 19.5 Å². The zero-order chi connectivity index (χ0) is 30.7. The van der Waals surface area contributed by atoms with E-state index in [2.05, 4.69) is 4.98 Å². The number of esters is 1. The number of thiazole rings is 1. The van der Waals surface area contributed by atoms with Gasteiger partial charge in [0.05, 0.1) is 31.0 Å². The maximum atomic E-state index is 13.5. The molecule has 43 heavy (non-hydrogen) atoms. The standard InChI is InChI=1S/C33H30N2O7S/c1-5-41-24-13-9-22(10-14-24)27-26(29(37)31(38)35(27)33-34-20(3)30(43-33)32(39)40-4)28(36)23-11-15-25(16-12-23)42-18-21-8-6-7-19(2)17-21/h6-17,27,36H,5,18H2,1-4H3. The fourth-order valence-electron chi connectivity index (χ4n) is 4.86. The molecule has 1 atom stereocenters. The van der Waals surface area contributed by atoms with Crippen LogP contribution in [-0.2, 0) is 20.9 Å². The van der Waals surface area contributed by atoms with Gasteiger partial charge in [0, 0.05) is 5.56 Å². The van der Waals surface area contributed by atoms with Gasteiger partial charge in [0.25, 0.3) is 5.78 Å². The largest absolute Gasteiger partial charge is 0.507 e. The summed E-state index contributed by atoms with van der Waals surface area (Å²) in [7, 11) is 1.26. The second-order valence-electron chi connectivity index (χ2n) is 9.88. The summed E-state index contributed by atoms with van der Waals surface area (Å²) in [6, 6.07) is 20.6. The second kappa shape index (κ2) is 12.5. The second-order valence-corrected chi connectivity index (χ2v) is 10.9. The van der Waals surface area contributed by atoms with Crippen molar-refractivity contribution in [3.8, 4) is 11.5 Å². The van der Waals surface area contributed by atoms with E-state index in [1.54, 1.807) is 55.5 Å². The third kappa shape index (κ3) is 6.00. The number of aliphatic hydroxyl groups is 1. The van der Waals surface area contributed by atoms with Crippen molar-refractivity contribution in [3.63, 3.8) is 0 Å². The van der Waals surface area contributed by atoms with Gasteiger partial charge in [-0.1, -0.05) is 53.3 Å². The summed E-state index contributed by atoms with van der Waals surface area (Å²) < 4.78 is 16.3. The van der Waals surface area contributed by atoms with Gasteiger partial charge in [-0.15, -0.1) is 0 Å². The van der Waals surface area contributed by atoms with Crippen LogP contribution in [0.5, 0.6) is 11.5 Å². The van der Waals surface area contributed by atoms with Crippen molar-refractivity contribution in [2.75, 3.05) is 18.6 Å². The summed E-state index contributed by atoms with van der Waals surface area (Å²) in [5, 5.41) is 11.6. The molecule has 2 heterocycles. The summed E-state index contributed by atoms with van der Waals surface area (Å²) >= 11 is 0.943. The Balaban J connectivity index is 1.53. The molecular formula is C33H30N2O7S. The summed E-state index contributed by atoms with van der Waals surface area (Å²) in [5.74, 6) is -1.49. The number of amides is 1. The topological polar surface area (TPSA) is 115 Å². The minimum Gasteiger partial charge on any atom is -0.507 e. The molecule has 0 bridgehead atoms. The van der Waals surface area contributed by atoms with Crippen LogP contribution in [0.1, 0.15) is 50.6 Å². The average molecular weight is 599 g/mol. The van der Waals surface area contributed by atoms with E-state index in [4.69, 9.17) is 14.2 Å². The Labute approximate surface area is 253 Å². The number of carbonyl (C=O) groups is 3. The lowest BCUT2D eigenvalue weighted by molar-refractivity contribution is -0.132. The highest BCUT2D eigenvalue weighted by Crippen LogP contribution is 2.44. The van der Waals surface area contributed by atoms with E-state index in [0.29, 0.717) is 41.5 Å². The van der Waals surface area contributed by atoms with Crippen LogP contribution in [-0.4, -0.2) is 41.5 Å². The Morgan fingerprint density at radius 1 is 0.977 bits per heavy atom. The van der Waals surface area contributed by atoms with Gasteiger partial charge in [-0.05, 0) is 68.3 Å². The minimum atomic E-state index is -1.01. The van der Waals surface area contributed by atoms with Crippen LogP contribution in [0.25, 0.3) is 5.76 Å². The number of hydrogen-bond donors (Lipinski definition) is 1. The smallest absolute Gasteiger partial charge is 0.350 e. The molecule has 10 heteroatoms. The first kappa shape index (κ1) is 29.5. The average Bonchev–Trinajstić information content (AvgIpc) is 3.52. The van der Waals surface area contributed by atoms with Crippen molar-refractivity contribution < 1.29 is 33.7 Å². The number of aryl methyl sites for hydroxylation is 2. The highest BCUT2D eigenvalue weighted by Gasteiger charge is 2.48. The number of aliphatic hydroxyl groups excluding tert-OH is 1. The van der Waals surface area contributed by atoms with Gasteiger partial charge in [0.15, 0.2) is 5.13 Å². The monoisotopic (exact) mass is 598 g/mol. The molecule has 1 unspecified atom stereocenters. The molecule has 1 fully saturated rings. The number of rotatable bonds is 9. The van der Waals surface area contributed by atoms with Crippen molar-refractivity contribution in [1.29, 1.82) is 0 Å². The van der Waals surface area contributed by atoms with E-state index < -0.39 is 23.7 Å². The Morgan fingerprint density at radius 2 is 1.65 bits per heavy atom. The fraction of sp³-hybridized carbons (Fsp3) is 0.212. The number of anilines is 1. The van der Waals surface area contributed by atoms with Crippen LogP contribution in [0.15, 0.2) is 78.4 Å². The first-order chi connectivity index (χ1) is 20.7. The molecule has 3 aromatic carbocycles. The highest BCUT2D eigenvalue weighted by atomic mass is 32.1. The quantitative estimate of drug-likeness (QED) is 0.106. The molecule has 0 aliphatic carbocycles. The Hall–Kier alpha value is -4.96. The fourth-order valence-corrected chi connectivity index (χ4v) is 5.87. The van der Waals surface area contributed by atoms with Crippen molar-refractivity contribution in [1.82, 2.24) is 4.98 Å². The molecule has 0 spiro atoms. The van der Waals surface area contributed by atoms with Crippen LogP contribution >= 0.6 is 11.3 Å². The Bertz CT molecular complexity index is 1710. The third-order valence-corrected chi connectivity index (χ3v) is 8.07. The number of carbonyl (C=O) groups excluding carboxylic acids is 3. The lowest BCUT2D eigenvalue weighted by Gasteiger charge is -2.23.